The molecule has 1 fully saturated rings. The summed E-state index contributed by atoms with van der Waals surface area (Å²) in [5, 5.41) is 12.4. The van der Waals surface area contributed by atoms with Gasteiger partial charge in [-0.1, -0.05) is 6.92 Å². The maximum absolute atomic E-state index is 12.0. The third-order valence-electron chi connectivity index (χ3n) is 3.41. The second-order valence-electron chi connectivity index (χ2n) is 6.88. The maximum atomic E-state index is 12.0. The van der Waals surface area contributed by atoms with E-state index in [1.807, 2.05) is 32.6 Å². The van der Waals surface area contributed by atoms with E-state index >= 15 is 0 Å². The molecule has 0 aromatic rings. The topological polar surface area (TPSA) is 61.8 Å². The van der Waals surface area contributed by atoms with Gasteiger partial charge in [-0.25, -0.2) is 4.79 Å². The summed E-state index contributed by atoms with van der Waals surface area (Å²) in [4.78, 5) is 13.9. The van der Waals surface area contributed by atoms with Gasteiger partial charge in [0, 0.05) is 19.7 Å². The van der Waals surface area contributed by atoms with E-state index in [0.717, 1.165) is 39.0 Å². The zero-order chi connectivity index (χ0) is 15.2. The molecule has 0 aliphatic carbocycles. The number of ether oxygens (including phenoxy) is 1. The van der Waals surface area contributed by atoms with Crippen LogP contribution in [-0.2, 0) is 4.74 Å². The van der Waals surface area contributed by atoms with E-state index in [0.29, 0.717) is 5.92 Å². The van der Waals surface area contributed by atoms with E-state index in [4.69, 9.17) is 9.84 Å². The van der Waals surface area contributed by atoms with Gasteiger partial charge in [0.2, 0.25) is 0 Å². The molecule has 0 aromatic carbocycles. The molecule has 0 spiro atoms. The van der Waals surface area contributed by atoms with Crippen molar-refractivity contribution in [1.82, 2.24) is 10.2 Å². The van der Waals surface area contributed by atoms with E-state index in [1.165, 1.54) is 0 Å². The summed E-state index contributed by atoms with van der Waals surface area (Å²) in [5.74, 6) is 0.753. The van der Waals surface area contributed by atoms with Crippen LogP contribution in [0.5, 0.6) is 0 Å². The summed E-state index contributed by atoms with van der Waals surface area (Å²) in [6.45, 7) is 11.2. The van der Waals surface area contributed by atoms with Crippen LogP contribution in [0.25, 0.3) is 0 Å². The molecule has 0 radical (unpaired) electrons. The molecule has 1 heterocycles. The van der Waals surface area contributed by atoms with Crippen molar-refractivity contribution in [2.24, 2.45) is 11.8 Å². The second kappa shape index (κ2) is 7.84. The van der Waals surface area contributed by atoms with Crippen molar-refractivity contribution in [1.29, 1.82) is 0 Å². The maximum Gasteiger partial charge on any atom is 0.410 e. The first-order valence-corrected chi connectivity index (χ1v) is 7.61. The lowest BCUT2D eigenvalue weighted by Gasteiger charge is -2.34. The summed E-state index contributed by atoms with van der Waals surface area (Å²) in [5.41, 5.74) is -0.432. The minimum absolute atomic E-state index is 0.203. The second-order valence-corrected chi connectivity index (χ2v) is 6.88. The Balaban J connectivity index is 2.33. The first kappa shape index (κ1) is 17.2. The molecule has 2 atom stereocenters. The molecule has 0 bridgehead atoms. The molecule has 20 heavy (non-hydrogen) atoms. The first-order valence-electron chi connectivity index (χ1n) is 7.61. The molecule has 1 aliphatic rings. The summed E-state index contributed by atoms with van der Waals surface area (Å²) in [6, 6.07) is 0. The summed E-state index contributed by atoms with van der Waals surface area (Å²) in [6.07, 6.45) is 1.96. The molecule has 1 saturated heterocycles. The van der Waals surface area contributed by atoms with Gasteiger partial charge in [-0.05, 0) is 58.5 Å². The highest BCUT2D eigenvalue weighted by Crippen LogP contribution is 2.18. The standard InChI is InChI=1S/C15H30N2O3/c1-12(11-18)8-16-9-13-6-5-7-17(10-13)14(19)20-15(2,3)4/h12-13,16,18H,5-11H2,1-4H3. The van der Waals surface area contributed by atoms with Crippen molar-refractivity contribution in [2.45, 2.75) is 46.1 Å². The van der Waals surface area contributed by atoms with E-state index < -0.39 is 5.60 Å². The van der Waals surface area contributed by atoms with Gasteiger partial charge < -0.3 is 20.1 Å². The molecule has 0 saturated carbocycles. The predicted molar refractivity (Wildman–Crippen MR) is 79.7 cm³/mol. The number of hydrogen-bond donors (Lipinski definition) is 2. The van der Waals surface area contributed by atoms with Crippen LogP contribution in [0.4, 0.5) is 4.79 Å². The number of aliphatic hydroxyl groups is 1. The molecule has 1 amide bonds. The van der Waals surface area contributed by atoms with Crippen molar-refractivity contribution >= 4 is 6.09 Å². The average molecular weight is 286 g/mol. The van der Waals surface area contributed by atoms with Gasteiger partial charge in [0.1, 0.15) is 5.60 Å². The van der Waals surface area contributed by atoms with E-state index in [2.05, 4.69) is 5.32 Å². The minimum Gasteiger partial charge on any atom is -0.444 e. The number of rotatable bonds is 5. The highest BCUT2D eigenvalue weighted by molar-refractivity contribution is 5.68. The SMILES string of the molecule is CC(CO)CNCC1CCCN(C(=O)OC(C)(C)C)C1. The van der Waals surface area contributed by atoms with Crippen LogP contribution < -0.4 is 5.32 Å². The molecule has 2 unspecified atom stereocenters. The van der Waals surface area contributed by atoms with Crippen molar-refractivity contribution in [3.05, 3.63) is 0 Å². The van der Waals surface area contributed by atoms with Crippen LogP contribution in [0.2, 0.25) is 0 Å². The zero-order valence-corrected chi connectivity index (χ0v) is 13.3. The van der Waals surface area contributed by atoms with Crippen LogP contribution >= 0.6 is 0 Å². The largest absolute Gasteiger partial charge is 0.444 e. The van der Waals surface area contributed by atoms with Gasteiger partial charge >= 0.3 is 6.09 Å². The number of nitrogens with one attached hydrogen (secondary N) is 1. The molecule has 5 heteroatoms. The molecular weight excluding hydrogens is 256 g/mol. The number of carbonyl (C=O) groups is 1. The predicted octanol–water partition coefficient (Wildman–Crippen LogP) is 1.85. The number of hydrogen-bond acceptors (Lipinski definition) is 4. The van der Waals surface area contributed by atoms with Gasteiger partial charge in [0.05, 0.1) is 0 Å². The van der Waals surface area contributed by atoms with Crippen molar-refractivity contribution < 1.29 is 14.6 Å². The number of aliphatic hydroxyl groups excluding tert-OH is 1. The third kappa shape index (κ3) is 6.57. The van der Waals surface area contributed by atoms with Crippen molar-refractivity contribution in [3.63, 3.8) is 0 Å². The zero-order valence-electron chi connectivity index (χ0n) is 13.3. The highest BCUT2D eigenvalue weighted by atomic mass is 16.6. The lowest BCUT2D eigenvalue weighted by molar-refractivity contribution is 0.0166. The quantitative estimate of drug-likeness (QED) is 0.810. The Labute approximate surface area is 122 Å². The van der Waals surface area contributed by atoms with Gasteiger partial charge in [0.25, 0.3) is 0 Å². The summed E-state index contributed by atoms with van der Waals surface area (Å²) in [7, 11) is 0. The Bertz CT molecular complexity index is 302. The van der Waals surface area contributed by atoms with Crippen LogP contribution in [0, 0.1) is 11.8 Å². The van der Waals surface area contributed by atoms with E-state index in [9.17, 15) is 4.79 Å². The summed E-state index contributed by atoms with van der Waals surface area (Å²) >= 11 is 0. The first-order chi connectivity index (χ1) is 9.31. The van der Waals surface area contributed by atoms with Gasteiger partial charge in [-0.2, -0.15) is 0 Å². The normalized spacial score (nSPS) is 21.6. The number of nitrogens with zero attached hydrogens (tertiary/aromatic N) is 1. The van der Waals surface area contributed by atoms with Gasteiger partial charge in [-0.3, -0.25) is 0 Å². The fourth-order valence-corrected chi connectivity index (χ4v) is 2.32. The van der Waals surface area contributed by atoms with Crippen LogP contribution in [0.15, 0.2) is 0 Å². The average Bonchev–Trinajstić information content (AvgIpc) is 2.37. The number of likely N-dealkylation sites (tertiary alicyclic amines) is 1. The number of amides is 1. The van der Waals surface area contributed by atoms with Crippen molar-refractivity contribution in [3.8, 4) is 0 Å². The molecule has 2 N–H and O–H groups in total. The Kier molecular flexibility index (Phi) is 6.76. The Morgan fingerprint density at radius 1 is 1.50 bits per heavy atom. The van der Waals surface area contributed by atoms with E-state index in [-0.39, 0.29) is 18.6 Å². The number of carbonyl (C=O) groups excluding carboxylic acids is 1. The molecule has 1 aliphatic heterocycles. The molecule has 5 nitrogen and oxygen atoms in total. The van der Waals surface area contributed by atoms with Gasteiger partial charge in [-0.15, -0.1) is 0 Å². The monoisotopic (exact) mass is 286 g/mol. The number of piperidine rings is 1. The van der Waals surface area contributed by atoms with E-state index in [1.54, 1.807) is 0 Å². The Morgan fingerprint density at radius 2 is 2.20 bits per heavy atom. The minimum atomic E-state index is -0.432. The molecule has 1 rings (SSSR count). The van der Waals surface area contributed by atoms with Gasteiger partial charge in [0.15, 0.2) is 0 Å². The summed E-state index contributed by atoms with van der Waals surface area (Å²) < 4.78 is 5.42. The smallest absolute Gasteiger partial charge is 0.410 e. The lowest BCUT2D eigenvalue weighted by Crippen LogP contribution is -2.45. The highest BCUT2D eigenvalue weighted by Gasteiger charge is 2.27. The third-order valence-corrected chi connectivity index (χ3v) is 3.41. The Hall–Kier alpha value is -0.810. The molecule has 118 valence electrons. The fourth-order valence-electron chi connectivity index (χ4n) is 2.32. The van der Waals surface area contributed by atoms with Crippen LogP contribution in [0.3, 0.4) is 0 Å². The fraction of sp³-hybridized carbons (Fsp3) is 0.933. The lowest BCUT2D eigenvalue weighted by atomic mass is 9.98. The van der Waals surface area contributed by atoms with Crippen molar-refractivity contribution in [2.75, 3.05) is 32.8 Å². The van der Waals surface area contributed by atoms with Crippen LogP contribution in [-0.4, -0.2) is 54.5 Å². The molecular formula is C15H30N2O3. The van der Waals surface area contributed by atoms with Crippen LogP contribution in [0.1, 0.15) is 40.5 Å². The Morgan fingerprint density at radius 3 is 2.80 bits per heavy atom. The molecule has 0 aromatic heterocycles.